The molecule has 2 nitrogen and oxygen atoms in total. The van der Waals surface area contributed by atoms with Gasteiger partial charge in [-0.3, -0.25) is 0 Å². The predicted molar refractivity (Wildman–Crippen MR) is 51.8 cm³/mol. The van der Waals surface area contributed by atoms with Crippen LogP contribution in [0.1, 0.15) is 25.8 Å². The molecule has 1 unspecified atom stereocenters. The molecule has 0 amide bonds. The van der Waals surface area contributed by atoms with Gasteiger partial charge in [0.25, 0.3) is 0 Å². The maximum atomic E-state index is 10.9. The number of carbonyl (C=O) groups is 1. The standard InChI is InChI=1S/C11H14O2/c1-3-11(2,8-12)9-4-6-10(13)7-5-9/h4-8,13H,3H2,1-2H3. The van der Waals surface area contributed by atoms with Crippen LogP contribution in [-0.4, -0.2) is 11.4 Å². The van der Waals surface area contributed by atoms with Crippen molar-refractivity contribution in [3.8, 4) is 5.75 Å². The molecule has 1 rings (SSSR count). The van der Waals surface area contributed by atoms with Gasteiger partial charge in [0, 0.05) is 5.41 Å². The minimum Gasteiger partial charge on any atom is -0.508 e. The summed E-state index contributed by atoms with van der Waals surface area (Å²) in [5.74, 6) is 0.230. The van der Waals surface area contributed by atoms with Crippen LogP contribution in [0.3, 0.4) is 0 Å². The lowest BCUT2D eigenvalue weighted by molar-refractivity contribution is -0.112. The molecule has 1 N–H and O–H groups in total. The number of phenols is 1. The lowest BCUT2D eigenvalue weighted by Gasteiger charge is -2.21. The molecule has 0 fully saturated rings. The number of benzene rings is 1. The minimum absolute atomic E-state index is 0.230. The Kier molecular flexibility index (Phi) is 2.71. The van der Waals surface area contributed by atoms with Crippen LogP contribution in [-0.2, 0) is 10.2 Å². The van der Waals surface area contributed by atoms with Crippen LogP contribution in [0.25, 0.3) is 0 Å². The van der Waals surface area contributed by atoms with Gasteiger partial charge in [-0.1, -0.05) is 19.1 Å². The van der Waals surface area contributed by atoms with Crippen LogP contribution in [0, 0.1) is 0 Å². The fourth-order valence-corrected chi connectivity index (χ4v) is 1.20. The van der Waals surface area contributed by atoms with Gasteiger partial charge < -0.3 is 9.90 Å². The van der Waals surface area contributed by atoms with E-state index in [1.54, 1.807) is 24.3 Å². The van der Waals surface area contributed by atoms with Crippen LogP contribution in [0.2, 0.25) is 0 Å². The maximum absolute atomic E-state index is 10.9. The summed E-state index contributed by atoms with van der Waals surface area (Å²) in [7, 11) is 0. The molecule has 0 saturated heterocycles. The Hall–Kier alpha value is -1.31. The number of phenolic OH excluding ortho intramolecular Hbond substituents is 1. The van der Waals surface area contributed by atoms with Crippen LogP contribution in [0.4, 0.5) is 0 Å². The molecule has 1 aromatic carbocycles. The molecular formula is C11H14O2. The van der Waals surface area contributed by atoms with Crippen LogP contribution in [0.15, 0.2) is 24.3 Å². The van der Waals surface area contributed by atoms with Gasteiger partial charge in [0.1, 0.15) is 12.0 Å². The summed E-state index contributed by atoms with van der Waals surface area (Å²) in [6.07, 6.45) is 1.72. The summed E-state index contributed by atoms with van der Waals surface area (Å²) in [5, 5.41) is 9.08. The zero-order chi connectivity index (χ0) is 9.90. The molecule has 0 heterocycles. The van der Waals surface area contributed by atoms with Gasteiger partial charge >= 0.3 is 0 Å². The average molecular weight is 178 g/mol. The zero-order valence-corrected chi connectivity index (χ0v) is 7.95. The Labute approximate surface area is 78.2 Å². The number of aldehydes is 1. The Morgan fingerprint density at radius 3 is 2.31 bits per heavy atom. The molecular weight excluding hydrogens is 164 g/mol. The van der Waals surface area contributed by atoms with Gasteiger partial charge in [-0.25, -0.2) is 0 Å². The largest absolute Gasteiger partial charge is 0.508 e. The quantitative estimate of drug-likeness (QED) is 0.721. The molecule has 0 radical (unpaired) electrons. The number of rotatable bonds is 3. The SMILES string of the molecule is CCC(C)(C=O)c1ccc(O)cc1. The van der Waals surface area contributed by atoms with Gasteiger partial charge in [-0.15, -0.1) is 0 Å². The lowest BCUT2D eigenvalue weighted by atomic mass is 9.82. The molecule has 0 aliphatic rings. The number of hydrogen-bond donors (Lipinski definition) is 1. The van der Waals surface area contributed by atoms with E-state index >= 15 is 0 Å². The van der Waals surface area contributed by atoms with E-state index in [0.717, 1.165) is 18.3 Å². The molecule has 1 aromatic rings. The highest BCUT2D eigenvalue weighted by Crippen LogP contribution is 2.26. The third-order valence-corrected chi connectivity index (χ3v) is 2.52. The first-order chi connectivity index (χ1) is 6.12. The lowest BCUT2D eigenvalue weighted by Crippen LogP contribution is -2.22. The Morgan fingerprint density at radius 2 is 1.92 bits per heavy atom. The Balaban J connectivity index is 3.06. The van der Waals surface area contributed by atoms with E-state index in [2.05, 4.69) is 0 Å². The highest BCUT2D eigenvalue weighted by atomic mass is 16.3. The van der Waals surface area contributed by atoms with Crippen molar-refractivity contribution in [2.24, 2.45) is 0 Å². The van der Waals surface area contributed by atoms with Crippen molar-refractivity contribution in [3.05, 3.63) is 29.8 Å². The van der Waals surface area contributed by atoms with Crippen LogP contribution >= 0.6 is 0 Å². The highest BCUT2D eigenvalue weighted by molar-refractivity contribution is 5.67. The second kappa shape index (κ2) is 3.60. The first-order valence-electron chi connectivity index (χ1n) is 4.38. The maximum Gasteiger partial charge on any atom is 0.130 e. The monoisotopic (exact) mass is 178 g/mol. The first kappa shape index (κ1) is 9.78. The topological polar surface area (TPSA) is 37.3 Å². The first-order valence-corrected chi connectivity index (χ1v) is 4.38. The molecule has 0 spiro atoms. The van der Waals surface area contributed by atoms with Crippen molar-refractivity contribution < 1.29 is 9.90 Å². The molecule has 0 aliphatic carbocycles. The van der Waals surface area contributed by atoms with Gasteiger partial charge in [0.05, 0.1) is 0 Å². The molecule has 0 aromatic heterocycles. The molecule has 2 heteroatoms. The summed E-state index contributed by atoms with van der Waals surface area (Å²) < 4.78 is 0. The van der Waals surface area contributed by atoms with E-state index in [4.69, 9.17) is 5.11 Å². The number of aromatic hydroxyl groups is 1. The van der Waals surface area contributed by atoms with E-state index in [9.17, 15) is 4.79 Å². The van der Waals surface area contributed by atoms with Crippen molar-refractivity contribution in [1.82, 2.24) is 0 Å². The van der Waals surface area contributed by atoms with E-state index < -0.39 is 5.41 Å². The second-order valence-electron chi connectivity index (χ2n) is 3.44. The third kappa shape index (κ3) is 1.89. The highest BCUT2D eigenvalue weighted by Gasteiger charge is 2.23. The smallest absolute Gasteiger partial charge is 0.130 e. The number of carbonyl (C=O) groups excluding carboxylic acids is 1. The molecule has 0 aliphatic heterocycles. The molecule has 70 valence electrons. The van der Waals surface area contributed by atoms with Gasteiger partial charge in [0.15, 0.2) is 0 Å². The van der Waals surface area contributed by atoms with E-state index in [-0.39, 0.29) is 5.75 Å². The molecule has 13 heavy (non-hydrogen) atoms. The predicted octanol–water partition coefficient (Wildman–Crippen LogP) is 2.26. The fraction of sp³-hybridized carbons (Fsp3) is 0.364. The summed E-state index contributed by atoms with van der Waals surface area (Å²) in [4.78, 5) is 10.9. The minimum atomic E-state index is -0.423. The van der Waals surface area contributed by atoms with Crippen molar-refractivity contribution in [1.29, 1.82) is 0 Å². The Bertz CT molecular complexity index is 289. The molecule has 1 atom stereocenters. The Morgan fingerprint density at radius 1 is 1.38 bits per heavy atom. The summed E-state index contributed by atoms with van der Waals surface area (Å²) in [6.45, 7) is 3.87. The third-order valence-electron chi connectivity index (χ3n) is 2.52. The van der Waals surface area contributed by atoms with Crippen LogP contribution < -0.4 is 0 Å². The van der Waals surface area contributed by atoms with Crippen molar-refractivity contribution in [3.63, 3.8) is 0 Å². The average Bonchev–Trinajstić information content (AvgIpc) is 2.18. The van der Waals surface area contributed by atoms with Crippen molar-refractivity contribution in [2.45, 2.75) is 25.7 Å². The normalized spacial score (nSPS) is 14.9. The summed E-state index contributed by atoms with van der Waals surface area (Å²) in [5.41, 5.74) is 0.524. The van der Waals surface area contributed by atoms with E-state index in [1.165, 1.54) is 0 Å². The fourth-order valence-electron chi connectivity index (χ4n) is 1.20. The van der Waals surface area contributed by atoms with Crippen molar-refractivity contribution in [2.75, 3.05) is 0 Å². The van der Waals surface area contributed by atoms with E-state index in [1.807, 2.05) is 13.8 Å². The molecule has 0 saturated carbocycles. The zero-order valence-electron chi connectivity index (χ0n) is 7.95. The van der Waals surface area contributed by atoms with Crippen molar-refractivity contribution >= 4 is 6.29 Å². The number of hydrogen-bond acceptors (Lipinski definition) is 2. The van der Waals surface area contributed by atoms with Gasteiger partial charge in [-0.2, -0.15) is 0 Å². The summed E-state index contributed by atoms with van der Waals surface area (Å²) >= 11 is 0. The van der Waals surface area contributed by atoms with Gasteiger partial charge in [0.2, 0.25) is 0 Å². The second-order valence-corrected chi connectivity index (χ2v) is 3.44. The molecule has 0 bridgehead atoms. The van der Waals surface area contributed by atoms with Crippen LogP contribution in [0.5, 0.6) is 5.75 Å². The summed E-state index contributed by atoms with van der Waals surface area (Å²) in [6, 6.07) is 6.78. The van der Waals surface area contributed by atoms with Gasteiger partial charge in [-0.05, 0) is 31.0 Å². The van der Waals surface area contributed by atoms with E-state index in [0.29, 0.717) is 0 Å².